The summed E-state index contributed by atoms with van der Waals surface area (Å²) in [5.41, 5.74) is 1.04. The summed E-state index contributed by atoms with van der Waals surface area (Å²) in [6.45, 7) is 5.25. The van der Waals surface area contributed by atoms with E-state index in [1.807, 2.05) is 31.2 Å². The van der Waals surface area contributed by atoms with E-state index in [0.29, 0.717) is 29.7 Å². The SMILES string of the molecule is CCOc1c(Cl)cc(CNC(C)c2ccc(Cl)s2)cc1OC. The van der Waals surface area contributed by atoms with Crippen LogP contribution in [0.25, 0.3) is 0 Å². The molecule has 1 heterocycles. The van der Waals surface area contributed by atoms with Crippen molar-refractivity contribution in [3.63, 3.8) is 0 Å². The lowest BCUT2D eigenvalue weighted by atomic mass is 10.1. The van der Waals surface area contributed by atoms with E-state index in [0.717, 1.165) is 9.90 Å². The van der Waals surface area contributed by atoms with Gasteiger partial charge in [-0.2, -0.15) is 0 Å². The van der Waals surface area contributed by atoms with Crippen molar-refractivity contribution in [2.24, 2.45) is 0 Å². The van der Waals surface area contributed by atoms with Crippen LogP contribution in [0, 0.1) is 0 Å². The summed E-state index contributed by atoms with van der Waals surface area (Å²) >= 11 is 13.8. The average molecular weight is 360 g/mol. The highest BCUT2D eigenvalue weighted by molar-refractivity contribution is 7.16. The minimum Gasteiger partial charge on any atom is -0.493 e. The lowest BCUT2D eigenvalue weighted by Gasteiger charge is -2.15. The van der Waals surface area contributed by atoms with Crippen LogP contribution in [0.4, 0.5) is 0 Å². The molecule has 1 aromatic heterocycles. The smallest absolute Gasteiger partial charge is 0.179 e. The Bertz CT molecular complexity index is 631. The molecule has 0 saturated heterocycles. The second-order valence-corrected chi connectivity index (χ2v) is 6.94. The van der Waals surface area contributed by atoms with Crippen LogP contribution in [0.1, 0.15) is 30.3 Å². The topological polar surface area (TPSA) is 30.5 Å². The van der Waals surface area contributed by atoms with Gasteiger partial charge in [-0.05, 0) is 43.7 Å². The fraction of sp³-hybridized carbons (Fsp3) is 0.375. The van der Waals surface area contributed by atoms with Gasteiger partial charge in [0.2, 0.25) is 0 Å². The van der Waals surface area contributed by atoms with Gasteiger partial charge in [0.05, 0.1) is 23.1 Å². The van der Waals surface area contributed by atoms with Crippen LogP contribution < -0.4 is 14.8 Å². The van der Waals surface area contributed by atoms with Crippen molar-refractivity contribution in [1.82, 2.24) is 5.32 Å². The van der Waals surface area contributed by atoms with Crippen molar-refractivity contribution in [3.8, 4) is 11.5 Å². The van der Waals surface area contributed by atoms with E-state index in [2.05, 4.69) is 12.2 Å². The van der Waals surface area contributed by atoms with Crippen LogP contribution in [0.15, 0.2) is 24.3 Å². The van der Waals surface area contributed by atoms with E-state index in [9.17, 15) is 0 Å². The lowest BCUT2D eigenvalue weighted by Crippen LogP contribution is -2.17. The Kier molecular flexibility index (Phi) is 6.38. The molecule has 0 spiro atoms. The Balaban J connectivity index is 2.08. The second-order valence-electron chi connectivity index (χ2n) is 4.79. The van der Waals surface area contributed by atoms with Crippen molar-refractivity contribution in [2.75, 3.05) is 13.7 Å². The third-order valence-corrected chi connectivity index (χ3v) is 4.91. The van der Waals surface area contributed by atoms with Crippen molar-refractivity contribution in [1.29, 1.82) is 0 Å². The van der Waals surface area contributed by atoms with Crippen molar-refractivity contribution in [2.45, 2.75) is 26.4 Å². The Labute approximate surface area is 145 Å². The zero-order valence-corrected chi connectivity index (χ0v) is 15.1. The predicted molar refractivity (Wildman–Crippen MR) is 93.8 cm³/mol. The number of ether oxygens (including phenoxy) is 2. The molecule has 3 nitrogen and oxygen atoms in total. The maximum atomic E-state index is 6.28. The van der Waals surface area contributed by atoms with Gasteiger partial charge in [0.1, 0.15) is 0 Å². The standard InChI is InChI=1S/C16H19Cl2NO2S/c1-4-21-16-12(17)7-11(8-13(16)20-3)9-19-10(2)14-5-6-15(18)22-14/h5-8,10,19H,4,9H2,1-3H3. The second kappa shape index (κ2) is 8.06. The first-order valence-corrected chi connectivity index (χ1v) is 8.60. The predicted octanol–water partition coefficient (Wildman–Crippen LogP) is 5.31. The first kappa shape index (κ1) is 17.4. The van der Waals surface area contributed by atoms with Crippen LogP contribution in [-0.4, -0.2) is 13.7 Å². The molecule has 1 aromatic carbocycles. The van der Waals surface area contributed by atoms with E-state index in [1.54, 1.807) is 18.4 Å². The maximum Gasteiger partial charge on any atom is 0.179 e. The van der Waals surface area contributed by atoms with Gasteiger partial charge < -0.3 is 14.8 Å². The first-order valence-electron chi connectivity index (χ1n) is 7.03. The number of hydrogen-bond donors (Lipinski definition) is 1. The number of halogens is 2. The van der Waals surface area contributed by atoms with Crippen molar-refractivity contribution < 1.29 is 9.47 Å². The molecule has 0 radical (unpaired) electrons. The van der Waals surface area contributed by atoms with Crippen LogP contribution in [0.2, 0.25) is 9.36 Å². The monoisotopic (exact) mass is 359 g/mol. The molecule has 22 heavy (non-hydrogen) atoms. The summed E-state index contributed by atoms with van der Waals surface area (Å²) in [6, 6.07) is 8.01. The number of rotatable bonds is 7. The molecule has 0 aliphatic rings. The van der Waals surface area contributed by atoms with Crippen LogP contribution >= 0.6 is 34.5 Å². The first-order chi connectivity index (χ1) is 10.5. The number of hydrogen-bond acceptors (Lipinski definition) is 4. The minimum atomic E-state index is 0.217. The van der Waals surface area contributed by atoms with Gasteiger partial charge in [0.15, 0.2) is 11.5 Å². The molecule has 0 saturated carbocycles. The molecule has 6 heteroatoms. The summed E-state index contributed by atoms with van der Waals surface area (Å²) in [6.07, 6.45) is 0. The molecule has 0 bridgehead atoms. The van der Waals surface area contributed by atoms with Gasteiger partial charge in [0.25, 0.3) is 0 Å². The summed E-state index contributed by atoms with van der Waals surface area (Å²) < 4.78 is 11.7. The number of benzene rings is 1. The van der Waals surface area contributed by atoms with Gasteiger partial charge >= 0.3 is 0 Å². The Morgan fingerprint density at radius 1 is 1.27 bits per heavy atom. The molecule has 1 N–H and O–H groups in total. The van der Waals surface area contributed by atoms with E-state index in [4.69, 9.17) is 32.7 Å². The van der Waals surface area contributed by atoms with E-state index >= 15 is 0 Å². The summed E-state index contributed by atoms with van der Waals surface area (Å²) in [5, 5.41) is 4.02. The molecule has 1 atom stereocenters. The van der Waals surface area contributed by atoms with Crippen LogP contribution in [0.3, 0.4) is 0 Å². The molecule has 1 unspecified atom stereocenters. The van der Waals surface area contributed by atoms with Crippen LogP contribution in [-0.2, 0) is 6.54 Å². The van der Waals surface area contributed by atoms with Gasteiger partial charge in [-0.3, -0.25) is 0 Å². The van der Waals surface area contributed by atoms with Gasteiger partial charge in [0, 0.05) is 17.5 Å². The summed E-state index contributed by atoms with van der Waals surface area (Å²) in [4.78, 5) is 1.20. The molecule has 0 amide bonds. The quantitative estimate of drug-likeness (QED) is 0.726. The van der Waals surface area contributed by atoms with Gasteiger partial charge in [-0.1, -0.05) is 23.2 Å². The number of methoxy groups -OCH3 is 1. The molecule has 120 valence electrons. The van der Waals surface area contributed by atoms with E-state index in [1.165, 1.54) is 4.88 Å². The summed E-state index contributed by atoms with van der Waals surface area (Å²) in [5.74, 6) is 1.24. The highest BCUT2D eigenvalue weighted by Crippen LogP contribution is 2.36. The molecule has 2 rings (SSSR count). The highest BCUT2D eigenvalue weighted by Gasteiger charge is 2.13. The molecular weight excluding hydrogens is 341 g/mol. The van der Waals surface area contributed by atoms with Crippen LogP contribution in [0.5, 0.6) is 11.5 Å². The fourth-order valence-corrected chi connectivity index (χ4v) is 3.47. The third-order valence-electron chi connectivity index (χ3n) is 3.21. The molecule has 0 fully saturated rings. The van der Waals surface area contributed by atoms with Crippen molar-refractivity contribution in [3.05, 3.63) is 44.1 Å². The normalized spacial score (nSPS) is 12.2. The zero-order valence-electron chi connectivity index (χ0n) is 12.8. The van der Waals surface area contributed by atoms with E-state index < -0.39 is 0 Å². The Morgan fingerprint density at radius 3 is 2.64 bits per heavy atom. The zero-order chi connectivity index (χ0) is 16.1. The fourth-order valence-electron chi connectivity index (χ4n) is 2.09. The number of thiophene rings is 1. The Morgan fingerprint density at radius 2 is 2.05 bits per heavy atom. The molecule has 2 aromatic rings. The van der Waals surface area contributed by atoms with Gasteiger partial charge in [-0.25, -0.2) is 0 Å². The molecule has 0 aliphatic carbocycles. The van der Waals surface area contributed by atoms with Gasteiger partial charge in [-0.15, -0.1) is 11.3 Å². The molecule has 0 aliphatic heterocycles. The van der Waals surface area contributed by atoms with Crippen molar-refractivity contribution >= 4 is 34.5 Å². The summed E-state index contributed by atoms with van der Waals surface area (Å²) in [7, 11) is 1.61. The average Bonchev–Trinajstić information content (AvgIpc) is 2.93. The Hall–Kier alpha value is -0.940. The van der Waals surface area contributed by atoms with E-state index in [-0.39, 0.29) is 6.04 Å². The largest absolute Gasteiger partial charge is 0.493 e. The lowest BCUT2D eigenvalue weighted by molar-refractivity contribution is 0.311. The minimum absolute atomic E-state index is 0.217. The third kappa shape index (κ3) is 4.29. The maximum absolute atomic E-state index is 6.28. The molecular formula is C16H19Cl2NO2S. The highest BCUT2D eigenvalue weighted by atomic mass is 35.5. The number of nitrogens with one attached hydrogen (secondary N) is 1.